The van der Waals surface area contributed by atoms with Crippen LogP contribution in [0.15, 0.2) is 85.1 Å². The van der Waals surface area contributed by atoms with E-state index in [1.54, 1.807) is 0 Å². The average molecular weight is 1160 g/mol. The van der Waals surface area contributed by atoms with Gasteiger partial charge in [-0.3, -0.25) is 14.4 Å². The molecule has 0 aromatic carbocycles. The number of esters is 3. The number of carbonyl (C=O) groups excluding carboxylic acids is 3. The minimum absolute atomic E-state index is 0.0753. The smallest absolute Gasteiger partial charge is 0.306 e. The van der Waals surface area contributed by atoms with Crippen molar-refractivity contribution in [1.29, 1.82) is 0 Å². The zero-order valence-corrected chi connectivity index (χ0v) is 55.2. The maximum absolute atomic E-state index is 13.0. The number of hydrogen-bond acceptors (Lipinski definition) is 6. The topological polar surface area (TPSA) is 78.9 Å². The van der Waals surface area contributed by atoms with Crippen molar-refractivity contribution in [3.8, 4) is 0 Å². The fraction of sp³-hybridized carbons (Fsp3) is 0.779. The van der Waals surface area contributed by atoms with Crippen molar-refractivity contribution < 1.29 is 28.6 Å². The molecule has 0 fully saturated rings. The summed E-state index contributed by atoms with van der Waals surface area (Å²) in [4.78, 5) is 38.5. The molecule has 480 valence electrons. The highest BCUT2D eigenvalue weighted by Crippen LogP contribution is 2.18. The molecule has 0 N–H and O–H groups in total. The first-order chi connectivity index (χ1) is 41.0. The Bertz CT molecular complexity index is 1570. The second kappa shape index (κ2) is 71.1. The third kappa shape index (κ3) is 69.3. The Morgan fingerprint density at radius 1 is 0.253 bits per heavy atom. The molecule has 6 nitrogen and oxygen atoms in total. The molecule has 0 heterocycles. The number of unbranched alkanes of at least 4 members (excludes halogenated alkanes) is 41. The quantitative estimate of drug-likeness (QED) is 0.0261. The van der Waals surface area contributed by atoms with Crippen molar-refractivity contribution in [3.63, 3.8) is 0 Å². The van der Waals surface area contributed by atoms with Gasteiger partial charge in [-0.2, -0.15) is 0 Å². The molecule has 83 heavy (non-hydrogen) atoms. The van der Waals surface area contributed by atoms with Gasteiger partial charge in [-0.25, -0.2) is 0 Å². The lowest BCUT2D eigenvalue weighted by molar-refractivity contribution is -0.167. The van der Waals surface area contributed by atoms with E-state index in [4.69, 9.17) is 14.2 Å². The summed E-state index contributed by atoms with van der Waals surface area (Å²) in [6, 6.07) is 0. The van der Waals surface area contributed by atoms with E-state index < -0.39 is 6.10 Å². The van der Waals surface area contributed by atoms with Crippen LogP contribution in [0.3, 0.4) is 0 Å². The Hall–Kier alpha value is -3.41. The van der Waals surface area contributed by atoms with E-state index in [2.05, 4.69) is 106 Å². The first-order valence-electron chi connectivity index (χ1n) is 36.1. The molecule has 0 saturated carbocycles. The Kier molecular flexibility index (Phi) is 68.2. The largest absolute Gasteiger partial charge is 0.462 e. The van der Waals surface area contributed by atoms with E-state index in [1.807, 2.05) is 0 Å². The van der Waals surface area contributed by atoms with Crippen LogP contribution in [0.25, 0.3) is 0 Å². The second-order valence-corrected chi connectivity index (χ2v) is 24.1. The lowest BCUT2D eigenvalue weighted by Crippen LogP contribution is -2.30. The molecule has 6 heteroatoms. The van der Waals surface area contributed by atoms with Crippen LogP contribution in [0.1, 0.15) is 367 Å². The van der Waals surface area contributed by atoms with Crippen molar-refractivity contribution in [1.82, 2.24) is 0 Å². The lowest BCUT2D eigenvalue weighted by Gasteiger charge is -2.18. The zero-order valence-electron chi connectivity index (χ0n) is 55.2. The highest BCUT2D eigenvalue weighted by atomic mass is 16.6. The van der Waals surface area contributed by atoms with Crippen LogP contribution in [0.5, 0.6) is 0 Å². The predicted molar refractivity (Wildman–Crippen MR) is 362 cm³/mol. The molecule has 0 radical (unpaired) electrons. The van der Waals surface area contributed by atoms with E-state index in [-0.39, 0.29) is 31.1 Å². The van der Waals surface area contributed by atoms with Crippen LogP contribution in [0.4, 0.5) is 0 Å². The van der Waals surface area contributed by atoms with Gasteiger partial charge in [0, 0.05) is 19.3 Å². The van der Waals surface area contributed by atoms with E-state index in [0.29, 0.717) is 19.3 Å². The van der Waals surface area contributed by atoms with Gasteiger partial charge in [0.25, 0.3) is 0 Å². The third-order valence-electron chi connectivity index (χ3n) is 15.9. The Morgan fingerprint density at radius 3 is 0.759 bits per heavy atom. The molecule has 0 aromatic heterocycles. The molecule has 0 saturated heterocycles. The summed E-state index contributed by atoms with van der Waals surface area (Å²) in [7, 11) is 0. The summed E-state index contributed by atoms with van der Waals surface area (Å²) in [6.07, 6.45) is 94.6. The summed E-state index contributed by atoms with van der Waals surface area (Å²) in [6.45, 7) is 6.55. The van der Waals surface area contributed by atoms with Crippen molar-refractivity contribution in [3.05, 3.63) is 85.1 Å². The summed E-state index contributed by atoms with van der Waals surface area (Å²) in [5, 5.41) is 0. The predicted octanol–water partition coefficient (Wildman–Crippen LogP) is 25.0. The molecule has 0 aliphatic heterocycles. The highest BCUT2D eigenvalue weighted by molar-refractivity contribution is 5.71. The van der Waals surface area contributed by atoms with Crippen molar-refractivity contribution in [2.75, 3.05) is 13.2 Å². The van der Waals surface area contributed by atoms with Crippen LogP contribution in [-0.4, -0.2) is 37.2 Å². The van der Waals surface area contributed by atoms with Gasteiger partial charge in [0.15, 0.2) is 6.10 Å². The monoisotopic (exact) mass is 1160 g/mol. The number of hydrogen-bond donors (Lipinski definition) is 0. The normalized spacial score (nSPS) is 12.6. The molecule has 0 aliphatic carbocycles. The number of allylic oxidation sites excluding steroid dienone is 14. The number of ether oxygens (including phenoxy) is 3. The van der Waals surface area contributed by atoms with Crippen LogP contribution in [0.2, 0.25) is 0 Å². The summed E-state index contributed by atoms with van der Waals surface area (Å²) in [5.74, 6) is -0.861. The molecular formula is C77H136O6. The van der Waals surface area contributed by atoms with Crippen LogP contribution in [0, 0.1) is 0 Å². The highest BCUT2D eigenvalue weighted by Gasteiger charge is 2.19. The fourth-order valence-corrected chi connectivity index (χ4v) is 10.5. The SMILES string of the molecule is CC/C=C\C/C=C\C/C=C\C/C=C\C/C=C\CCCCCCCCCCCCCCCC(=O)OCC(COC(=O)CCCCCCCCC/C=C\C/C=C\CCCCC)OC(=O)CCCCCCCCCCCCCCCCCCCCC. The molecule has 0 aromatic rings. The van der Waals surface area contributed by atoms with Gasteiger partial charge >= 0.3 is 17.9 Å². The number of carbonyl (C=O) groups is 3. The maximum atomic E-state index is 13.0. The average Bonchev–Trinajstić information content (AvgIpc) is 3.49. The first kappa shape index (κ1) is 79.6. The minimum Gasteiger partial charge on any atom is -0.462 e. The molecular weight excluding hydrogens is 1020 g/mol. The molecule has 1 atom stereocenters. The second-order valence-electron chi connectivity index (χ2n) is 24.1. The molecule has 0 amide bonds. The van der Waals surface area contributed by atoms with Crippen LogP contribution in [-0.2, 0) is 28.6 Å². The molecule has 1 unspecified atom stereocenters. The van der Waals surface area contributed by atoms with E-state index in [9.17, 15) is 14.4 Å². The van der Waals surface area contributed by atoms with Gasteiger partial charge in [0.2, 0.25) is 0 Å². The van der Waals surface area contributed by atoms with E-state index in [0.717, 1.165) is 103 Å². The third-order valence-corrected chi connectivity index (χ3v) is 15.9. The number of rotatable bonds is 66. The van der Waals surface area contributed by atoms with E-state index >= 15 is 0 Å². The fourth-order valence-electron chi connectivity index (χ4n) is 10.5. The van der Waals surface area contributed by atoms with Crippen LogP contribution < -0.4 is 0 Å². The standard InChI is InChI=1S/C77H136O6/c1-4-7-10-13-16-19-22-25-28-31-33-34-35-36-37-38-39-40-41-42-44-46-49-52-55-58-61-64-67-70-76(79)82-73-74(72-81-75(78)69-66-63-60-57-54-51-48-45-30-27-24-21-18-15-12-9-6-3)83-77(80)71-68-65-62-59-56-53-50-47-43-32-29-26-23-20-17-14-11-8-5-2/h7,10,16,18-19,21,25,27-28,30,33-34,36-37,74H,4-6,8-9,11-15,17,20,22-24,26,29,31-32,35,38-73H2,1-3H3/b10-7-,19-16-,21-18-,28-25-,30-27-,34-33-,37-36-. The van der Waals surface area contributed by atoms with Crippen molar-refractivity contribution in [2.45, 2.75) is 374 Å². The summed E-state index contributed by atoms with van der Waals surface area (Å²) in [5.41, 5.74) is 0. The summed E-state index contributed by atoms with van der Waals surface area (Å²) >= 11 is 0. The first-order valence-corrected chi connectivity index (χ1v) is 36.1. The van der Waals surface area contributed by atoms with Crippen LogP contribution >= 0.6 is 0 Å². The van der Waals surface area contributed by atoms with Gasteiger partial charge in [0.05, 0.1) is 0 Å². The maximum Gasteiger partial charge on any atom is 0.306 e. The summed E-state index contributed by atoms with van der Waals surface area (Å²) < 4.78 is 17.0. The van der Waals surface area contributed by atoms with Gasteiger partial charge < -0.3 is 14.2 Å². The molecule has 0 aliphatic rings. The van der Waals surface area contributed by atoms with Gasteiger partial charge in [-0.15, -0.1) is 0 Å². The van der Waals surface area contributed by atoms with Crippen molar-refractivity contribution in [2.24, 2.45) is 0 Å². The molecule has 0 bridgehead atoms. The molecule has 0 spiro atoms. The lowest BCUT2D eigenvalue weighted by atomic mass is 10.0. The van der Waals surface area contributed by atoms with Gasteiger partial charge in [-0.1, -0.05) is 337 Å². The minimum atomic E-state index is -0.780. The zero-order chi connectivity index (χ0) is 59.9. The Balaban J connectivity index is 4.29. The van der Waals surface area contributed by atoms with Gasteiger partial charge in [0.1, 0.15) is 13.2 Å². The van der Waals surface area contributed by atoms with E-state index in [1.165, 1.54) is 225 Å². The molecule has 0 rings (SSSR count). The van der Waals surface area contributed by atoms with Crippen molar-refractivity contribution >= 4 is 17.9 Å². The Labute approximate surface area is 515 Å². The Morgan fingerprint density at radius 2 is 0.470 bits per heavy atom. The van der Waals surface area contributed by atoms with Gasteiger partial charge in [-0.05, 0) is 96.3 Å².